The summed E-state index contributed by atoms with van der Waals surface area (Å²) >= 11 is 1.21. The van der Waals surface area contributed by atoms with Crippen LogP contribution in [-0.2, 0) is 15.8 Å². The van der Waals surface area contributed by atoms with Gasteiger partial charge >= 0.3 is 0 Å². The Kier molecular flexibility index (Phi) is 5.43. The molecule has 8 heteroatoms. The first-order valence-electron chi connectivity index (χ1n) is 7.97. The van der Waals surface area contributed by atoms with Crippen molar-refractivity contribution in [2.75, 3.05) is 10.8 Å². The first-order valence-corrected chi connectivity index (χ1v) is 10.4. The lowest BCUT2D eigenvalue weighted by atomic mass is 10.2. The molecule has 0 spiro atoms. The molecule has 134 valence electrons. The van der Waals surface area contributed by atoms with Gasteiger partial charge in [-0.3, -0.25) is 4.79 Å². The zero-order chi connectivity index (χ0) is 18.6. The van der Waals surface area contributed by atoms with E-state index in [1.807, 2.05) is 18.2 Å². The molecule has 0 unspecified atom stereocenters. The molecule has 0 saturated heterocycles. The van der Waals surface area contributed by atoms with Crippen LogP contribution in [0.25, 0.3) is 10.6 Å². The summed E-state index contributed by atoms with van der Waals surface area (Å²) in [6.07, 6.45) is 0.768. The van der Waals surface area contributed by atoms with Crippen molar-refractivity contribution in [2.45, 2.75) is 12.7 Å². The predicted molar refractivity (Wildman–Crippen MR) is 103 cm³/mol. The topological polar surface area (TPSA) is 80.2 Å². The number of carbonyl (C=O) groups is 1. The average Bonchev–Trinajstić information content (AvgIpc) is 3.12. The highest BCUT2D eigenvalue weighted by atomic mass is 32.2. The van der Waals surface area contributed by atoms with Gasteiger partial charge in [-0.25, -0.2) is 12.7 Å². The average molecular weight is 387 g/mol. The standard InChI is InChI=1S/C18H17N3O3S2/c1-2-21(26(23,24)13-15-6-4-3-5-7-15)18-20-19-17(25-18)16-10-8-14(12-22)9-11-16/h3-12H,2,13H2,1H3. The Balaban J connectivity index is 1.86. The fourth-order valence-corrected chi connectivity index (χ4v) is 5.16. The van der Waals surface area contributed by atoms with Gasteiger partial charge in [0, 0.05) is 17.7 Å². The molecule has 0 aliphatic rings. The molecule has 0 bridgehead atoms. The SMILES string of the molecule is CCN(c1nnc(-c2ccc(C=O)cc2)s1)S(=O)(=O)Cc1ccccc1. The summed E-state index contributed by atoms with van der Waals surface area (Å²) < 4.78 is 26.9. The molecule has 1 heterocycles. The van der Waals surface area contributed by atoms with Crippen LogP contribution in [0.2, 0.25) is 0 Å². The number of hydrogen-bond acceptors (Lipinski definition) is 6. The molecule has 0 aliphatic heterocycles. The van der Waals surface area contributed by atoms with Gasteiger partial charge < -0.3 is 0 Å². The maximum absolute atomic E-state index is 12.8. The van der Waals surface area contributed by atoms with Crippen LogP contribution in [0.4, 0.5) is 5.13 Å². The van der Waals surface area contributed by atoms with Crippen molar-refractivity contribution >= 4 is 32.8 Å². The number of hydrogen-bond donors (Lipinski definition) is 0. The van der Waals surface area contributed by atoms with Crippen LogP contribution in [0.3, 0.4) is 0 Å². The van der Waals surface area contributed by atoms with E-state index >= 15 is 0 Å². The van der Waals surface area contributed by atoms with E-state index in [2.05, 4.69) is 10.2 Å². The van der Waals surface area contributed by atoms with Gasteiger partial charge in [-0.15, -0.1) is 10.2 Å². The van der Waals surface area contributed by atoms with Crippen LogP contribution in [0.1, 0.15) is 22.8 Å². The minimum absolute atomic E-state index is 0.0926. The second-order valence-electron chi connectivity index (χ2n) is 5.54. The van der Waals surface area contributed by atoms with E-state index in [9.17, 15) is 13.2 Å². The van der Waals surface area contributed by atoms with Crippen molar-refractivity contribution in [3.8, 4) is 10.6 Å². The molecule has 0 fully saturated rings. The Morgan fingerprint density at radius 3 is 2.35 bits per heavy atom. The smallest absolute Gasteiger partial charge is 0.241 e. The highest BCUT2D eigenvalue weighted by molar-refractivity contribution is 7.92. The minimum Gasteiger partial charge on any atom is -0.298 e. The Bertz CT molecular complexity index is 984. The van der Waals surface area contributed by atoms with E-state index in [4.69, 9.17) is 0 Å². The molecule has 6 nitrogen and oxygen atoms in total. The molecule has 1 aromatic heterocycles. The summed E-state index contributed by atoms with van der Waals surface area (Å²) in [5.41, 5.74) is 2.08. The third-order valence-corrected chi connectivity index (χ3v) is 6.65. The summed E-state index contributed by atoms with van der Waals surface area (Å²) in [5.74, 6) is -0.0926. The van der Waals surface area contributed by atoms with E-state index in [1.54, 1.807) is 43.3 Å². The third kappa shape index (κ3) is 3.97. The lowest BCUT2D eigenvalue weighted by Crippen LogP contribution is -2.31. The second kappa shape index (κ2) is 7.76. The number of nitrogens with zero attached hydrogens (tertiary/aromatic N) is 3. The fourth-order valence-electron chi connectivity index (χ4n) is 2.45. The van der Waals surface area contributed by atoms with Crippen LogP contribution in [-0.4, -0.2) is 31.4 Å². The fraction of sp³-hybridized carbons (Fsp3) is 0.167. The molecule has 0 aliphatic carbocycles. The lowest BCUT2D eigenvalue weighted by molar-refractivity contribution is 0.112. The van der Waals surface area contributed by atoms with Crippen LogP contribution >= 0.6 is 11.3 Å². The summed E-state index contributed by atoms with van der Waals surface area (Å²) in [7, 11) is -3.56. The van der Waals surface area contributed by atoms with Gasteiger partial charge in [0.1, 0.15) is 11.3 Å². The van der Waals surface area contributed by atoms with Gasteiger partial charge in [-0.05, 0) is 12.5 Å². The van der Waals surface area contributed by atoms with Crippen molar-refractivity contribution in [1.29, 1.82) is 0 Å². The van der Waals surface area contributed by atoms with Crippen molar-refractivity contribution < 1.29 is 13.2 Å². The first-order chi connectivity index (χ1) is 12.5. The number of carbonyl (C=O) groups excluding carboxylic acids is 1. The molecule has 3 aromatic rings. The van der Waals surface area contributed by atoms with Gasteiger partial charge in [0.15, 0.2) is 0 Å². The minimum atomic E-state index is -3.56. The molecular weight excluding hydrogens is 370 g/mol. The maximum atomic E-state index is 12.8. The Labute approximate surface area is 156 Å². The summed E-state index contributed by atoms with van der Waals surface area (Å²) in [4.78, 5) is 10.7. The van der Waals surface area contributed by atoms with Crippen molar-refractivity contribution in [3.63, 3.8) is 0 Å². The number of aldehydes is 1. The molecule has 0 atom stereocenters. The zero-order valence-corrected chi connectivity index (χ0v) is 15.7. The summed E-state index contributed by atoms with van der Waals surface area (Å²) in [6.45, 7) is 2.04. The van der Waals surface area contributed by atoms with E-state index in [-0.39, 0.29) is 12.3 Å². The van der Waals surface area contributed by atoms with E-state index < -0.39 is 10.0 Å². The van der Waals surface area contributed by atoms with Crippen LogP contribution in [0, 0.1) is 0 Å². The number of benzene rings is 2. The van der Waals surface area contributed by atoms with Crippen molar-refractivity contribution in [1.82, 2.24) is 10.2 Å². The molecule has 0 N–H and O–H groups in total. The Morgan fingerprint density at radius 2 is 1.73 bits per heavy atom. The van der Waals surface area contributed by atoms with Gasteiger partial charge in [-0.1, -0.05) is 65.9 Å². The number of sulfonamides is 1. The molecule has 0 radical (unpaired) electrons. The molecule has 0 saturated carbocycles. The Morgan fingerprint density at radius 1 is 1.04 bits per heavy atom. The van der Waals surface area contributed by atoms with Gasteiger partial charge in [0.05, 0.1) is 5.75 Å². The predicted octanol–water partition coefficient (Wildman–Crippen LogP) is 3.37. The summed E-state index contributed by atoms with van der Waals surface area (Å²) in [6, 6.07) is 15.9. The van der Waals surface area contributed by atoms with Crippen LogP contribution < -0.4 is 4.31 Å². The van der Waals surface area contributed by atoms with E-state index in [1.165, 1.54) is 15.6 Å². The lowest BCUT2D eigenvalue weighted by Gasteiger charge is -2.19. The van der Waals surface area contributed by atoms with Crippen LogP contribution in [0.15, 0.2) is 54.6 Å². The molecule has 0 amide bonds. The molecule has 2 aromatic carbocycles. The van der Waals surface area contributed by atoms with Crippen molar-refractivity contribution in [2.24, 2.45) is 0 Å². The monoisotopic (exact) mass is 387 g/mol. The van der Waals surface area contributed by atoms with Crippen molar-refractivity contribution in [3.05, 3.63) is 65.7 Å². The van der Waals surface area contributed by atoms with Gasteiger partial charge in [-0.2, -0.15) is 0 Å². The maximum Gasteiger partial charge on any atom is 0.241 e. The third-order valence-electron chi connectivity index (χ3n) is 3.74. The van der Waals surface area contributed by atoms with E-state index in [0.29, 0.717) is 15.7 Å². The highest BCUT2D eigenvalue weighted by Gasteiger charge is 2.25. The Hall–Kier alpha value is -2.58. The molecule has 3 rings (SSSR count). The zero-order valence-electron chi connectivity index (χ0n) is 14.1. The number of rotatable bonds is 7. The quantitative estimate of drug-likeness (QED) is 0.581. The first kappa shape index (κ1) is 18.2. The van der Waals surface area contributed by atoms with Gasteiger partial charge in [0.25, 0.3) is 0 Å². The number of aromatic nitrogens is 2. The van der Waals surface area contributed by atoms with Crippen LogP contribution in [0.5, 0.6) is 0 Å². The molecule has 26 heavy (non-hydrogen) atoms. The highest BCUT2D eigenvalue weighted by Crippen LogP contribution is 2.30. The second-order valence-corrected chi connectivity index (χ2v) is 8.39. The largest absolute Gasteiger partial charge is 0.298 e. The van der Waals surface area contributed by atoms with Gasteiger partial charge in [0.2, 0.25) is 15.2 Å². The normalized spacial score (nSPS) is 11.3. The molecular formula is C18H17N3O3S2. The summed E-state index contributed by atoms with van der Waals surface area (Å²) in [5, 5.41) is 9.10. The van der Waals surface area contributed by atoms with E-state index in [0.717, 1.165) is 17.4 Å². The number of anilines is 1.